The first-order chi connectivity index (χ1) is 15.0. The molecule has 32 heavy (non-hydrogen) atoms. The lowest BCUT2D eigenvalue weighted by Gasteiger charge is -2.28. The van der Waals surface area contributed by atoms with E-state index in [0.29, 0.717) is 24.3 Å². The zero-order valence-corrected chi connectivity index (χ0v) is 20.1. The number of ether oxygens (including phenoxy) is 2. The van der Waals surface area contributed by atoms with E-state index < -0.39 is 11.2 Å². The molecule has 0 amide bonds. The Morgan fingerprint density at radius 2 is 1.66 bits per heavy atom. The Morgan fingerprint density at radius 3 is 2.28 bits per heavy atom. The minimum absolute atomic E-state index is 0.136. The van der Waals surface area contributed by atoms with Crippen molar-refractivity contribution in [2.45, 2.75) is 71.1 Å². The van der Waals surface area contributed by atoms with E-state index in [1.165, 1.54) is 18.9 Å². The van der Waals surface area contributed by atoms with Gasteiger partial charge < -0.3 is 9.47 Å². The summed E-state index contributed by atoms with van der Waals surface area (Å²) in [5.41, 5.74) is 1.96. The lowest BCUT2D eigenvalue weighted by molar-refractivity contribution is 0.285. The predicted octanol–water partition coefficient (Wildman–Crippen LogP) is 7.53. The van der Waals surface area contributed by atoms with Gasteiger partial charge in [-0.15, -0.1) is 0 Å². The first kappa shape index (κ1) is 24.3. The number of benzene rings is 2. The van der Waals surface area contributed by atoms with Crippen LogP contribution in [0.1, 0.15) is 70.6 Å². The van der Waals surface area contributed by atoms with Crippen LogP contribution in [0.4, 0.5) is 8.78 Å². The third kappa shape index (κ3) is 6.11. The highest BCUT2D eigenvalue weighted by Gasteiger charge is 2.28. The van der Waals surface area contributed by atoms with Crippen molar-refractivity contribution in [2.24, 2.45) is 5.92 Å². The molecule has 0 spiro atoms. The Kier molecular flexibility index (Phi) is 7.32. The van der Waals surface area contributed by atoms with Crippen LogP contribution in [0, 0.1) is 17.6 Å². The molecule has 0 aliphatic heterocycles. The van der Waals surface area contributed by atoms with E-state index in [2.05, 4.69) is 27.4 Å². The largest absolute Gasteiger partial charge is 0.490 e. The van der Waals surface area contributed by atoms with Gasteiger partial charge in [-0.2, -0.15) is 0 Å². The van der Waals surface area contributed by atoms with Gasteiger partial charge in [0.25, 0.3) is 0 Å². The standard InChI is InChI=1S/C28H36F2O2/c1-7-13-31-24-16-21(10-11-23(24)29)28(5,6)18-20-15-22(27(2,3)4)17-25(26(20)30)32-14-12-19-8-9-19/h7,10-11,15-17,19H,1,8-9,12-14,18H2,2-6H3. The molecule has 1 aliphatic rings. The van der Waals surface area contributed by atoms with Crippen LogP contribution in [-0.4, -0.2) is 13.2 Å². The molecule has 0 N–H and O–H groups in total. The van der Waals surface area contributed by atoms with E-state index in [0.717, 1.165) is 23.5 Å². The Balaban J connectivity index is 1.90. The Morgan fingerprint density at radius 1 is 0.969 bits per heavy atom. The average Bonchev–Trinajstić information content (AvgIpc) is 3.53. The predicted molar refractivity (Wildman–Crippen MR) is 127 cm³/mol. The SMILES string of the molecule is C=CCOc1cc(C(C)(C)Cc2cc(C(C)(C)C)cc(OCCC3CC3)c2F)ccc1F. The van der Waals surface area contributed by atoms with Crippen molar-refractivity contribution in [1.82, 2.24) is 0 Å². The molecule has 3 rings (SSSR count). The van der Waals surface area contributed by atoms with E-state index >= 15 is 4.39 Å². The maximum atomic E-state index is 15.5. The van der Waals surface area contributed by atoms with E-state index in [1.807, 2.05) is 26.0 Å². The zero-order chi connectivity index (χ0) is 23.5. The highest BCUT2D eigenvalue weighted by atomic mass is 19.1. The quantitative estimate of drug-likeness (QED) is 0.354. The minimum atomic E-state index is -0.442. The Hall–Kier alpha value is -2.36. The van der Waals surface area contributed by atoms with Crippen molar-refractivity contribution in [1.29, 1.82) is 0 Å². The van der Waals surface area contributed by atoms with Gasteiger partial charge in [0, 0.05) is 0 Å². The van der Waals surface area contributed by atoms with Gasteiger partial charge in [-0.25, -0.2) is 8.78 Å². The highest BCUT2D eigenvalue weighted by molar-refractivity contribution is 5.42. The summed E-state index contributed by atoms with van der Waals surface area (Å²) in [6.07, 6.45) is 5.51. The lowest BCUT2D eigenvalue weighted by atomic mass is 9.77. The lowest BCUT2D eigenvalue weighted by Crippen LogP contribution is -2.23. The van der Waals surface area contributed by atoms with Crippen LogP contribution in [0.3, 0.4) is 0 Å². The number of hydrogen-bond acceptors (Lipinski definition) is 2. The summed E-state index contributed by atoms with van der Waals surface area (Å²) in [5.74, 6) is 0.533. The minimum Gasteiger partial charge on any atom is -0.490 e. The molecule has 2 aromatic carbocycles. The summed E-state index contributed by atoms with van der Waals surface area (Å²) in [7, 11) is 0. The molecular formula is C28H36F2O2. The molecule has 4 heteroatoms. The second kappa shape index (κ2) is 9.64. The zero-order valence-electron chi connectivity index (χ0n) is 20.1. The van der Waals surface area contributed by atoms with Crippen LogP contribution >= 0.6 is 0 Å². The van der Waals surface area contributed by atoms with Crippen molar-refractivity contribution in [3.8, 4) is 11.5 Å². The van der Waals surface area contributed by atoms with Crippen LogP contribution in [0.25, 0.3) is 0 Å². The molecule has 1 aliphatic carbocycles. The summed E-state index contributed by atoms with van der Waals surface area (Å²) >= 11 is 0. The van der Waals surface area contributed by atoms with Crippen molar-refractivity contribution in [3.63, 3.8) is 0 Å². The van der Waals surface area contributed by atoms with Crippen molar-refractivity contribution < 1.29 is 18.3 Å². The van der Waals surface area contributed by atoms with Gasteiger partial charge >= 0.3 is 0 Å². The van der Waals surface area contributed by atoms with E-state index in [9.17, 15) is 4.39 Å². The van der Waals surface area contributed by atoms with E-state index in [-0.39, 0.29) is 23.6 Å². The summed E-state index contributed by atoms with van der Waals surface area (Å²) in [6, 6.07) is 8.65. The maximum absolute atomic E-state index is 15.5. The first-order valence-electron chi connectivity index (χ1n) is 11.5. The Bertz CT molecular complexity index is 953. The molecule has 2 nitrogen and oxygen atoms in total. The monoisotopic (exact) mass is 442 g/mol. The fraction of sp³-hybridized carbons (Fsp3) is 0.500. The fourth-order valence-corrected chi connectivity index (χ4v) is 3.83. The summed E-state index contributed by atoms with van der Waals surface area (Å²) in [5, 5.41) is 0. The van der Waals surface area contributed by atoms with Crippen molar-refractivity contribution in [2.75, 3.05) is 13.2 Å². The molecule has 0 heterocycles. The highest BCUT2D eigenvalue weighted by Crippen LogP contribution is 2.37. The Labute approximate surface area is 191 Å². The molecule has 1 fully saturated rings. The second-order valence-corrected chi connectivity index (χ2v) is 10.6. The number of halogens is 2. The molecule has 174 valence electrons. The molecule has 0 radical (unpaired) electrons. The second-order valence-electron chi connectivity index (χ2n) is 10.6. The maximum Gasteiger partial charge on any atom is 0.168 e. The normalized spacial score (nSPS) is 14.3. The molecule has 0 saturated heterocycles. The number of hydrogen-bond donors (Lipinski definition) is 0. The third-order valence-corrected chi connectivity index (χ3v) is 6.16. The van der Waals surface area contributed by atoms with Crippen LogP contribution in [0.5, 0.6) is 11.5 Å². The van der Waals surface area contributed by atoms with Crippen LogP contribution in [-0.2, 0) is 17.3 Å². The smallest absolute Gasteiger partial charge is 0.168 e. The average molecular weight is 443 g/mol. The van der Waals surface area contributed by atoms with E-state index in [1.54, 1.807) is 18.2 Å². The third-order valence-electron chi connectivity index (χ3n) is 6.16. The van der Waals surface area contributed by atoms with Crippen molar-refractivity contribution >= 4 is 0 Å². The fourth-order valence-electron chi connectivity index (χ4n) is 3.83. The van der Waals surface area contributed by atoms with Gasteiger partial charge in [0.15, 0.2) is 23.1 Å². The molecule has 2 aromatic rings. The van der Waals surface area contributed by atoms with Crippen LogP contribution in [0.15, 0.2) is 43.0 Å². The van der Waals surface area contributed by atoms with Gasteiger partial charge in [0.1, 0.15) is 6.61 Å². The topological polar surface area (TPSA) is 18.5 Å². The molecule has 0 unspecified atom stereocenters. The van der Waals surface area contributed by atoms with Gasteiger partial charge in [-0.3, -0.25) is 0 Å². The van der Waals surface area contributed by atoms with Crippen molar-refractivity contribution in [3.05, 3.63) is 71.3 Å². The van der Waals surface area contributed by atoms with Crippen LogP contribution < -0.4 is 9.47 Å². The molecule has 0 atom stereocenters. The number of rotatable bonds is 10. The molecule has 0 bridgehead atoms. The summed E-state index contributed by atoms with van der Waals surface area (Å²) in [6.45, 7) is 14.8. The van der Waals surface area contributed by atoms with Gasteiger partial charge in [-0.05, 0) is 64.5 Å². The molecule has 1 saturated carbocycles. The molecular weight excluding hydrogens is 406 g/mol. The van der Waals surface area contributed by atoms with Gasteiger partial charge in [0.05, 0.1) is 6.61 Å². The summed E-state index contributed by atoms with van der Waals surface area (Å²) < 4.78 is 41.0. The van der Waals surface area contributed by atoms with Crippen LogP contribution in [0.2, 0.25) is 0 Å². The van der Waals surface area contributed by atoms with E-state index in [4.69, 9.17) is 9.47 Å². The molecule has 0 aromatic heterocycles. The summed E-state index contributed by atoms with van der Waals surface area (Å²) in [4.78, 5) is 0. The van der Waals surface area contributed by atoms with Gasteiger partial charge in [0.2, 0.25) is 0 Å². The van der Waals surface area contributed by atoms with Gasteiger partial charge in [-0.1, -0.05) is 72.2 Å². The first-order valence-corrected chi connectivity index (χ1v) is 11.5.